The lowest BCUT2D eigenvalue weighted by molar-refractivity contribution is -0.142. The summed E-state index contributed by atoms with van der Waals surface area (Å²) in [6, 6.07) is 6.87. The number of benzene rings is 1. The average Bonchev–Trinajstić information content (AvgIpc) is 2.92. The lowest BCUT2D eigenvalue weighted by Gasteiger charge is -2.07. The van der Waals surface area contributed by atoms with Crippen LogP contribution in [0.1, 0.15) is 11.3 Å². The van der Waals surface area contributed by atoms with Gasteiger partial charge in [0.15, 0.2) is 5.69 Å². The zero-order valence-corrected chi connectivity index (χ0v) is 12.5. The third-order valence-electron chi connectivity index (χ3n) is 3.14. The Labute approximate surface area is 131 Å². The molecule has 2 rings (SSSR count). The molecule has 1 aromatic carbocycles. The molecule has 1 aromatic heterocycles. The van der Waals surface area contributed by atoms with Crippen LogP contribution in [-0.2, 0) is 19.1 Å². The highest BCUT2D eigenvalue weighted by Crippen LogP contribution is 2.30. The third-order valence-corrected chi connectivity index (χ3v) is 3.14. The summed E-state index contributed by atoms with van der Waals surface area (Å²) in [7, 11) is 1.55. The van der Waals surface area contributed by atoms with Crippen molar-refractivity contribution in [2.24, 2.45) is 0 Å². The van der Waals surface area contributed by atoms with Crippen LogP contribution in [0.3, 0.4) is 0 Å². The van der Waals surface area contributed by atoms with Crippen molar-refractivity contribution in [2.75, 3.05) is 20.3 Å². The largest absolute Gasteiger partial charge is 0.497 e. The maximum Gasteiger partial charge on any atom is 0.435 e. The van der Waals surface area contributed by atoms with Crippen LogP contribution >= 0.6 is 0 Å². The van der Waals surface area contributed by atoms with Gasteiger partial charge < -0.3 is 14.6 Å². The third kappa shape index (κ3) is 4.62. The number of aliphatic hydroxyl groups excluding tert-OH is 1. The molecular weight excluding hydrogens is 313 g/mol. The summed E-state index contributed by atoms with van der Waals surface area (Å²) in [5, 5.41) is 12.4. The highest BCUT2D eigenvalue weighted by Gasteiger charge is 2.36. The minimum absolute atomic E-state index is 0.0237. The van der Waals surface area contributed by atoms with Crippen LogP contribution in [0, 0.1) is 0 Å². The van der Waals surface area contributed by atoms with Crippen molar-refractivity contribution < 1.29 is 27.8 Å². The Kier molecular flexibility index (Phi) is 5.49. The molecule has 0 bridgehead atoms. The smallest absolute Gasteiger partial charge is 0.435 e. The second-order valence-corrected chi connectivity index (χ2v) is 4.76. The van der Waals surface area contributed by atoms with Gasteiger partial charge in [-0.1, -0.05) is 0 Å². The zero-order chi connectivity index (χ0) is 16.9. The quantitative estimate of drug-likeness (QED) is 0.848. The summed E-state index contributed by atoms with van der Waals surface area (Å²) in [5.74, 6) is 1.28. The standard InChI is InChI=1S/C15H17F3N2O3/c1-22-12-2-4-13(5-3-12)23-9-7-20-10-11(6-8-21)14(19-20)15(16,17)18/h2-5,10,21H,6-9H2,1H3. The van der Waals surface area contributed by atoms with E-state index in [1.165, 1.54) is 10.9 Å². The Balaban J connectivity index is 1.97. The lowest BCUT2D eigenvalue weighted by Crippen LogP contribution is -2.12. The van der Waals surface area contributed by atoms with Crippen LogP contribution in [0.5, 0.6) is 11.5 Å². The second-order valence-electron chi connectivity index (χ2n) is 4.76. The van der Waals surface area contributed by atoms with E-state index >= 15 is 0 Å². The minimum atomic E-state index is -4.54. The van der Waals surface area contributed by atoms with E-state index in [0.29, 0.717) is 11.5 Å². The number of hydrogen-bond acceptors (Lipinski definition) is 4. The van der Waals surface area contributed by atoms with Gasteiger partial charge >= 0.3 is 6.18 Å². The van der Waals surface area contributed by atoms with Crippen molar-refractivity contribution in [1.29, 1.82) is 0 Å². The molecule has 23 heavy (non-hydrogen) atoms. The van der Waals surface area contributed by atoms with Gasteiger partial charge in [0.1, 0.15) is 18.1 Å². The van der Waals surface area contributed by atoms with Crippen molar-refractivity contribution in [1.82, 2.24) is 9.78 Å². The summed E-state index contributed by atoms with van der Waals surface area (Å²) in [6.45, 7) is -0.0263. The van der Waals surface area contributed by atoms with Gasteiger partial charge in [-0.25, -0.2) is 0 Å². The van der Waals surface area contributed by atoms with E-state index < -0.39 is 11.9 Å². The average molecular weight is 330 g/mol. The summed E-state index contributed by atoms with van der Waals surface area (Å²) in [5.41, 5.74) is -0.986. The molecular formula is C15H17F3N2O3. The first kappa shape index (κ1) is 17.1. The zero-order valence-electron chi connectivity index (χ0n) is 12.5. The van der Waals surface area contributed by atoms with E-state index in [-0.39, 0.29) is 31.7 Å². The molecule has 0 aliphatic rings. The molecule has 126 valence electrons. The van der Waals surface area contributed by atoms with Gasteiger partial charge in [0.05, 0.1) is 13.7 Å². The van der Waals surface area contributed by atoms with Crippen molar-refractivity contribution in [3.8, 4) is 11.5 Å². The van der Waals surface area contributed by atoms with E-state index in [1.807, 2.05) is 0 Å². The molecule has 0 saturated carbocycles. The monoisotopic (exact) mass is 330 g/mol. The number of aliphatic hydroxyl groups is 1. The molecule has 0 spiro atoms. The number of halogens is 3. The van der Waals surface area contributed by atoms with Crippen molar-refractivity contribution >= 4 is 0 Å². The van der Waals surface area contributed by atoms with Crippen molar-refractivity contribution in [3.05, 3.63) is 41.7 Å². The molecule has 0 atom stereocenters. The van der Waals surface area contributed by atoms with Gasteiger partial charge in [-0.05, 0) is 30.7 Å². The molecule has 5 nitrogen and oxygen atoms in total. The number of hydrogen-bond donors (Lipinski definition) is 1. The van der Waals surface area contributed by atoms with Gasteiger partial charge in [-0.2, -0.15) is 18.3 Å². The highest BCUT2D eigenvalue weighted by molar-refractivity contribution is 5.31. The Morgan fingerprint density at radius 2 is 1.83 bits per heavy atom. The fourth-order valence-electron chi connectivity index (χ4n) is 2.05. The summed E-state index contributed by atoms with van der Waals surface area (Å²) in [4.78, 5) is 0. The van der Waals surface area contributed by atoms with Crippen LogP contribution in [0.25, 0.3) is 0 Å². The van der Waals surface area contributed by atoms with E-state index in [0.717, 1.165) is 0 Å². The van der Waals surface area contributed by atoms with Crippen LogP contribution in [0.4, 0.5) is 13.2 Å². The Morgan fingerprint density at radius 1 is 1.17 bits per heavy atom. The lowest BCUT2D eigenvalue weighted by atomic mass is 10.2. The predicted molar refractivity (Wildman–Crippen MR) is 76.5 cm³/mol. The first-order valence-electron chi connectivity index (χ1n) is 6.95. The van der Waals surface area contributed by atoms with Crippen molar-refractivity contribution in [2.45, 2.75) is 19.1 Å². The molecule has 0 aliphatic carbocycles. The fraction of sp³-hybridized carbons (Fsp3) is 0.400. The molecule has 0 radical (unpaired) electrons. The summed E-state index contributed by atoms with van der Waals surface area (Å²) >= 11 is 0. The van der Waals surface area contributed by atoms with Crippen LogP contribution < -0.4 is 9.47 Å². The highest BCUT2D eigenvalue weighted by atomic mass is 19.4. The molecule has 1 N–H and O–H groups in total. The Morgan fingerprint density at radius 3 is 2.39 bits per heavy atom. The van der Waals surface area contributed by atoms with Gasteiger partial charge in [-0.3, -0.25) is 4.68 Å². The first-order chi connectivity index (χ1) is 10.9. The maximum atomic E-state index is 12.8. The van der Waals surface area contributed by atoms with Crippen molar-refractivity contribution in [3.63, 3.8) is 0 Å². The fourth-order valence-corrected chi connectivity index (χ4v) is 2.05. The van der Waals surface area contributed by atoms with Gasteiger partial charge in [0.25, 0.3) is 0 Å². The molecule has 0 amide bonds. The van der Waals surface area contributed by atoms with Gasteiger partial charge in [0, 0.05) is 18.4 Å². The molecule has 8 heteroatoms. The van der Waals surface area contributed by atoms with Gasteiger partial charge in [0.2, 0.25) is 0 Å². The molecule has 0 aliphatic heterocycles. The first-order valence-corrected chi connectivity index (χ1v) is 6.95. The van der Waals surface area contributed by atoms with Gasteiger partial charge in [-0.15, -0.1) is 0 Å². The SMILES string of the molecule is COc1ccc(OCCn2cc(CCO)c(C(F)(F)F)n2)cc1. The van der Waals surface area contributed by atoms with Crippen LogP contribution in [0.15, 0.2) is 30.5 Å². The molecule has 1 heterocycles. The van der Waals surface area contributed by atoms with E-state index in [2.05, 4.69) is 5.10 Å². The molecule has 2 aromatic rings. The number of ether oxygens (including phenoxy) is 2. The number of aromatic nitrogens is 2. The topological polar surface area (TPSA) is 56.5 Å². The Bertz CT molecular complexity index is 624. The predicted octanol–water partition coefficient (Wildman–Crippen LogP) is 2.52. The minimum Gasteiger partial charge on any atom is -0.497 e. The summed E-state index contributed by atoms with van der Waals surface area (Å²) in [6.07, 6.45) is -3.34. The molecule has 0 saturated heterocycles. The second kappa shape index (κ2) is 7.36. The number of nitrogens with zero attached hydrogens (tertiary/aromatic N) is 2. The van der Waals surface area contributed by atoms with Crippen LogP contribution in [0.2, 0.25) is 0 Å². The van der Waals surface area contributed by atoms with E-state index in [9.17, 15) is 13.2 Å². The molecule has 0 fully saturated rings. The number of alkyl halides is 3. The number of methoxy groups -OCH3 is 1. The maximum absolute atomic E-state index is 12.8. The van der Waals surface area contributed by atoms with Crippen LogP contribution in [-0.4, -0.2) is 35.2 Å². The Hall–Kier alpha value is -2.22. The molecule has 0 unspecified atom stereocenters. The summed E-state index contributed by atoms with van der Waals surface area (Å²) < 4.78 is 50.2. The number of rotatable bonds is 7. The van der Waals surface area contributed by atoms with E-state index in [4.69, 9.17) is 14.6 Å². The normalized spacial score (nSPS) is 11.5. The van der Waals surface area contributed by atoms with E-state index in [1.54, 1.807) is 31.4 Å².